The van der Waals surface area contributed by atoms with Crippen molar-refractivity contribution in [1.82, 2.24) is 0 Å². The van der Waals surface area contributed by atoms with Gasteiger partial charge in [0, 0.05) is 0 Å². The van der Waals surface area contributed by atoms with E-state index in [-0.39, 0.29) is 12.3 Å². The van der Waals surface area contributed by atoms with Crippen LogP contribution in [-0.2, 0) is 0 Å². The maximum absolute atomic E-state index is 12.2. The summed E-state index contributed by atoms with van der Waals surface area (Å²) in [7, 11) is 0. The van der Waals surface area contributed by atoms with E-state index < -0.39 is 11.0 Å². The molecule has 4 heteroatoms. The zero-order chi connectivity index (χ0) is 9.90. The predicted molar refractivity (Wildman–Crippen MR) is 50.0 cm³/mol. The Hall–Kier alpha value is 0.270. The lowest BCUT2D eigenvalue weighted by Gasteiger charge is -2.24. The molecule has 0 saturated heterocycles. The number of halogens is 4. The Balaban J connectivity index is 2.30. The molecule has 0 nitrogen and oxygen atoms in total. The Bertz CT molecular complexity index is 149. The lowest BCUT2D eigenvalue weighted by Crippen LogP contribution is -2.26. The Morgan fingerprint density at radius 2 is 1.69 bits per heavy atom. The largest absolute Gasteiger partial charge is 0.401 e. The van der Waals surface area contributed by atoms with Crippen LogP contribution in [0, 0.1) is 5.92 Å². The second-order valence-electron chi connectivity index (χ2n) is 3.75. The third kappa shape index (κ3) is 3.88. The number of rotatable bonds is 2. The van der Waals surface area contributed by atoms with Crippen LogP contribution in [-0.4, -0.2) is 11.0 Å². The maximum Gasteiger partial charge on any atom is 0.401 e. The fourth-order valence-corrected chi connectivity index (χ4v) is 2.38. The molecule has 0 aromatic rings. The van der Waals surface area contributed by atoms with Crippen molar-refractivity contribution in [2.24, 2.45) is 5.92 Å². The third-order valence-electron chi connectivity index (χ3n) is 2.62. The smallest absolute Gasteiger partial charge is 0.170 e. The molecule has 1 aliphatic rings. The van der Waals surface area contributed by atoms with Crippen LogP contribution in [0.2, 0.25) is 0 Å². The summed E-state index contributed by atoms with van der Waals surface area (Å²) in [5, 5.41) is 0. The Morgan fingerprint density at radius 3 is 2.15 bits per heavy atom. The van der Waals surface area contributed by atoms with Crippen LogP contribution in [0.1, 0.15) is 38.5 Å². The van der Waals surface area contributed by atoms with E-state index in [0.717, 1.165) is 25.7 Å². The molecule has 0 N–H and O–H groups in total. The number of hydrogen-bond donors (Lipinski definition) is 0. The first-order valence-corrected chi connectivity index (χ1v) is 5.62. The fraction of sp³-hybridized carbons (Fsp3) is 1.00. The van der Waals surface area contributed by atoms with Gasteiger partial charge in [-0.1, -0.05) is 48.0 Å². The molecule has 1 aliphatic carbocycles. The first kappa shape index (κ1) is 11.3. The molecule has 0 aliphatic heterocycles. The van der Waals surface area contributed by atoms with Crippen molar-refractivity contribution >= 4 is 15.9 Å². The summed E-state index contributed by atoms with van der Waals surface area (Å²) in [4.78, 5) is -1.30. The summed E-state index contributed by atoms with van der Waals surface area (Å²) < 4.78 is 36.5. The molecule has 78 valence electrons. The summed E-state index contributed by atoms with van der Waals surface area (Å²) in [5.74, 6) is 0.278. The van der Waals surface area contributed by atoms with Crippen LogP contribution in [0.3, 0.4) is 0 Å². The second kappa shape index (κ2) is 4.67. The van der Waals surface area contributed by atoms with E-state index in [4.69, 9.17) is 0 Å². The van der Waals surface area contributed by atoms with Gasteiger partial charge in [-0.05, 0) is 12.3 Å². The first-order chi connectivity index (χ1) is 6.00. The summed E-state index contributed by atoms with van der Waals surface area (Å²) in [6.45, 7) is 0. The zero-order valence-electron chi connectivity index (χ0n) is 7.41. The third-order valence-corrected chi connectivity index (χ3v) is 3.51. The number of hydrogen-bond acceptors (Lipinski definition) is 0. The number of alkyl halides is 4. The molecule has 0 aromatic carbocycles. The topological polar surface area (TPSA) is 0 Å². The predicted octanol–water partition coefficient (Wildman–Crippen LogP) is 4.28. The lowest BCUT2D eigenvalue weighted by molar-refractivity contribution is -0.130. The summed E-state index contributed by atoms with van der Waals surface area (Å²) in [6.07, 6.45) is 1.51. The van der Waals surface area contributed by atoms with Crippen LogP contribution in [0.15, 0.2) is 0 Å². The summed E-state index contributed by atoms with van der Waals surface area (Å²) >= 11 is 2.71. The van der Waals surface area contributed by atoms with Crippen molar-refractivity contribution in [1.29, 1.82) is 0 Å². The average Bonchev–Trinajstić information content (AvgIpc) is 2.04. The van der Waals surface area contributed by atoms with Crippen molar-refractivity contribution in [3.8, 4) is 0 Å². The maximum atomic E-state index is 12.2. The van der Waals surface area contributed by atoms with Crippen molar-refractivity contribution in [3.63, 3.8) is 0 Å². The monoisotopic (exact) mass is 258 g/mol. The van der Waals surface area contributed by atoms with E-state index in [1.807, 2.05) is 0 Å². The van der Waals surface area contributed by atoms with Crippen LogP contribution >= 0.6 is 15.9 Å². The van der Waals surface area contributed by atoms with Crippen LogP contribution in [0.4, 0.5) is 13.2 Å². The van der Waals surface area contributed by atoms with Gasteiger partial charge >= 0.3 is 6.18 Å². The van der Waals surface area contributed by atoms with Crippen LogP contribution < -0.4 is 0 Å². The standard InChI is InChI=1S/C9H14BrF3/c10-8(9(11,12)13)6-7-4-2-1-3-5-7/h7-8H,1-6H2. The molecule has 1 saturated carbocycles. The first-order valence-electron chi connectivity index (χ1n) is 4.71. The fourth-order valence-electron chi connectivity index (χ4n) is 1.85. The van der Waals surface area contributed by atoms with E-state index in [1.165, 1.54) is 6.42 Å². The Kier molecular flexibility index (Phi) is 4.07. The highest BCUT2D eigenvalue weighted by Gasteiger charge is 2.38. The van der Waals surface area contributed by atoms with Gasteiger partial charge in [-0.25, -0.2) is 0 Å². The molecule has 1 fully saturated rings. The molecule has 1 atom stereocenters. The average molecular weight is 259 g/mol. The quantitative estimate of drug-likeness (QED) is 0.649. The minimum atomic E-state index is -4.07. The lowest BCUT2D eigenvalue weighted by atomic mass is 9.86. The van der Waals surface area contributed by atoms with Gasteiger partial charge in [-0.3, -0.25) is 0 Å². The zero-order valence-corrected chi connectivity index (χ0v) is 9.00. The normalized spacial score (nSPS) is 23.1. The van der Waals surface area contributed by atoms with Crippen molar-refractivity contribution in [3.05, 3.63) is 0 Å². The minimum Gasteiger partial charge on any atom is -0.170 e. The van der Waals surface area contributed by atoms with E-state index in [1.54, 1.807) is 0 Å². The molecule has 0 radical (unpaired) electrons. The highest BCUT2D eigenvalue weighted by molar-refractivity contribution is 9.09. The van der Waals surface area contributed by atoms with E-state index in [9.17, 15) is 13.2 Å². The van der Waals surface area contributed by atoms with E-state index in [2.05, 4.69) is 15.9 Å². The van der Waals surface area contributed by atoms with Crippen LogP contribution in [0.5, 0.6) is 0 Å². The van der Waals surface area contributed by atoms with Gasteiger partial charge < -0.3 is 0 Å². The Morgan fingerprint density at radius 1 is 1.15 bits per heavy atom. The molecular formula is C9H14BrF3. The SMILES string of the molecule is FC(F)(F)C(Br)CC1CCCCC1. The van der Waals surface area contributed by atoms with Gasteiger partial charge in [0.2, 0.25) is 0 Å². The van der Waals surface area contributed by atoms with Crippen molar-refractivity contribution in [2.45, 2.75) is 49.5 Å². The highest BCUT2D eigenvalue weighted by Crippen LogP contribution is 2.35. The van der Waals surface area contributed by atoms with Gasteiger partial charge in [0.1, 0.15) is 4.83 Å². The molecule has 0 amide bonds. The van der Waals surface area contributed by atoms with Gasteiger partial charge in [-0.15, -0.1) is 0 Å². The highest BCUT2D eigenvalue weighted by atomic mass is 79.9. The molecular weight excluding hydrogens is 245 g/mol. The molecule has 1 unspecified atom stereocenters. The molecule has 0 spiro atoms. The summed E-state index contributed by atoms with van der Waals surface area (Å²) in [6, 6.07) is 0. The minimum absolute atomic E-state index is 0.253. The van der Waals surface area contributed by atoms with Gasteiger partial charge in [0.05, 0.1) is 0 Å². The molecule has 0 bridgehead atoms. The van der Waals surface area contributed by atoms with Gasteiger partial charge in [0.15, 0.2) is 0 Å². The summed E-state index contributed by atoms with van der Waals surface area (Å²) in [5.41, 5.74) is 0. The second-order valence-corrected chi connectivity index (χ2v) is 4.85. The molecule has 0 heterocycles. The molecule has 13 heavy (non-hydrogen) atoms. The Labute approximate surface area is 85.0 Å². The van der Waals surface area contributed by atoms with Crippen molar-refractivity contribution in [2.75, 3.05) is 0 Å². The van der Waals surface area contributed by atoms with Gasteiger partial charge in [0.25, 0.3) is 0 Å². The van der Waals surface area contributed by atoms with E-state index >= 15 is 0 Å². The van der Waals surface area contributed by atoms with Crippen LogP contribution in [0.25, 0.3) is 0 Å². The molecule has 1 rings (SSSR count). The van der Waals surface area contributed by atoms with Gasteiger partial charge in [-0.2, -0.15) is 13.2 Å². The van der Waals surface area contributed by atoms with Crippen molar-refractivity contribution < 1.29 is 13.2 Å². The molecule has 0 aromatic heterocycles. The van der Waals surface area contributed by atoms with E-state index in [0.29, 0.717) is 0 Å².